The van der Waals surface area contributed by atoms with Gasteiger partial charge >= 0.3 is 0 Å². The largest absolute Gasteiger partial charge is 0.379 e. The lowest BCUT2D eigenvalue weighted by Crippen LogP contribution is -2.61. The van der Waals surface area contributed by atoms with E-state index >= 15 is 0 Å². The smallest absolute Gasteiger partial charge is 0.255 e. The zero-order valence-electron chi connectivity index (χ0n) is 16.4. The number of carbonyl (C=O) groups excluding carboxylic acids is 1. The Labute approximate surface area is 157 Å². The van der Waals surface area contributed by atoms with Gasteiger partial charge < -0.3 is 14.9 Å². The van der Waals surface area contributed by atoms with E-state index in [9.17, 15) is 9.90 Å². The van der Waals surface area contributed by atoms with Crippen LogP contribution in [0.15, 0.2) is 30.3 Å². The van der Waals surface area contributed by atoms with E-state index in [4.69, 9.17) is 0 Å². The molecule has 1 aromatic rings. The summed E-state index contributed by atoms with van der Waals surface area (Å²) in [5.74, 6) is -0.0795. The Morgan fingerprint density at radius 3 is 2.31 bits per heavy atom. The van der Waals surface area contributed by atoms with Crippen molar-refractivity contribution < 1.29 is 9.90 Å². The molecule has 3 rings (SSSR count). The van der Waals surface area contributed by atoms with Gasteiger partial charge in [0.15, 0.2) is 5.60 Å². The van der Waals surface area contributed by atoms with Crippen molar-refractivity contribution in [3.8, 4) is 0 Å². The van der Waals surface area contributed by atoms with Crippen LogP contribution < -0.4 is 4.90 Å². The highest BCUT2D eigenvalue weighted by molar-refractivity contribution is 5.86. The van der Waals surface area contributed by atoms with E-state index in [2.05, 4.69) is 54.8 Å². The van der Waals surface area contributed by atoms with Crippen LogP contribution in [-0.4, -0.2) is 72.2 Å². The molecule has 5 nitrogen and oxygen atoms in total. The second-order valence-corrected chi connectivity index (χ2v) is 9.02. The van der Waals surface area contributed by atoms with Crippen molar-refractivity contribution in [2.45, 2.75) is 39.2 Å². The molecular weight excluding hydrogens is 326 g/mol. The molecule has 2 aliphatic heterocycles. The van der Waals surface area contributed by atoms with E-state index in [0.29, 0.717) is 19.5 Å². The number of hydrogen-bond acceptors (Lipinski definition) is 4. The molecule has 26 heavy (non-hydrogen) atoms. The molecule has 0 spiro atoms. The van der Waals surface area contributed by atoms with Gasteiger partial charge in [0.25, 0.3) is 5.91 Å². The van der Waals surface area contributed by atoms with Gasteiger partial charge in [-0.2, -0.15) is 0 Å². The summed E-state index contributed by atoms with van der Waals surface area (Å²) in [5.41, 5.74) is 0.0733. The molecule has 0 unspecified atom stereocenters. The molecule has 2 heterocycles. The second kappa shape index (κ2) is 7.57. The van der Waals surface area contributed by atoms with Crippen molar-refractivity contribution >= 4 is 11.6 Å². The minimum Gasteiger partial charge on any atom is -0.379 e. The molecule has 2 aliphatic rings. The Kier molecular flexibility index (Phi) is 5.58. The van der Waals surface area contributed by atoms with Gasteiger partial charge in [-0.05, 0) is 30.4 Å². The molecule has 1 amide bonds. The maximum Gasteiger partial charge on any atom is 0.255 e. The van der Waals surface area contributed by atoms with Crippen molar-refractivity contribution in [2.75, 3.05) is 50.7 Å². The predicted molar refractivity (Wildman–Crippen MR) is 105 cm³/mol. The van der Waals surface area contributed by atoms with E-state index in [1.54, 1.807) is 0 Å². The summed E-state index contributed by atoms with van der Waals surface area (Å²) < 4.78 is 0. The number of piperazine rings is 1. The van der Waals surface area contributed by atoms with Crippen molar-refractivity contribution in [3.63, 3.8) is 0 Å². The average molecular weight is 360 g/mol. The third-order valence-corrected chi connectivity index (χ3v) is 5.35. The lowest BCUT2D eigenvalue weighted by molar-refractivity contribution is -0.161. The summed E-state index contributed by atoms with van der Waals surface area (Å²) >= 11 is 0. The molecule has 0 bridgehead atoms. The number of anilines is 1. The van der Waals surface area contributed by atoms with Crippen LogP contribution in [0.5, 0.6) is 0 Å². The maximum absolute atomic E-state index is 12.9. The lowest BCUT2D eigenvalue weighted by atomic mass is 9.88. The predicted octanol–water partition coefficient (Wildman–Crippen LogP) is 2.21. The first-order valence-corrected chi connectivity index (χ1v) is 9.81. The summed E-state index contributed by atoms with van der Waals surface area (Å²) in [7, 11) is 0. The van der Waals surface area contributed by atoms with Gasteiger partial charge in [-0.15, -0.1) is 0 Å². The number of likely N-dealkylation sites (tertiary alicyclic amines) is 1. The number of aliphatic hydroxyl groups is 1. The monoisotopic (exact) mass is 359 g/mol. The fraction of sp³-hybridized carbons (Fsp3) is 0.667. The molecule has 5 heteroatoms. The Balaban J connectivity index is 1.57. The van der Waals surface area contributed by atoms with Crippen LogP contribution in [0.25, 0.3) is 0 Å². The van der Waals surface area contributed by atoms with Crippen LogP contribution in [0.2, 0.25) is 0 Å². The quantitative estimate of drug-likeness (QED) is 0.895. The maximum atomic E-state index is 12.9. The van der Waals surface area contributed by atoms with E-state index in [0.717, 1.165) is 39.1 Å². The van der Waals surface area contributed by atoms with Gasteiger partial charge in [-0.3, -0.25) is 9.69 Å². The van der Waals surface area contributed by atoms with E-state index in [-0.39, 0.29) is 11.3 Å². The Morgan fingerprint density at radius 1 is 1.04 bits per heavy atom. The number of β-amino-alcohol motifs (C(OH)–C–C–N with tert-alkyl or cyclic N) is 1. The first-order valence-electron chi connectivity index (χ1n) is 9.81. The molecule has 0 aliphatic carbocycles. The van der Waals surface area contributed by atoms with Crippen LogP contribution in [0.3, 0.4) is 0 Å². The second-order valence-electron chi connectivity index (χ2n) is 9.02. The van der Waals surface area contributed by atoms with Crippen molar-refractivity contribution in [1.29, 1.82) is 0 Å². The number of rotatable bonds is 4. The molecule has 0 saturated carbocycles. The van der Waals surface area contributed by atoms with E-state index in [1.807, 2.05) is 11.0 Å². The molecule has 1 atom stereocenters. The standard InChI is InChI=1S/C21H33N3O2/c1-20(2,3)16-24-11-7-10-21(26,19(24)25)17-22-12-14-23(15-13-22)18-8-5-4-6-9-18/h4-6,8-9,26H,7,10-17H2,1-3H3/t21-/m0/s1. The van der Waals surface area contributed by atoms with Gasteiger partial charge in [0.2, 0.25) is 0 Å². The summed E-state index contributed by atoms with van der Waals surface area (Å²) in [5, 5.41) is 11.1. The normalized spacial score (nSPS) is 25.6. The molecule has 144 valence electrons. The fourth-order valence-electron chi connectivity index (χ4n) is 4.11. The number of piperidine rings is 1. The van der Waals surface area contributed by atoms with Crippen LogP contribution >= 0.6 is 0 Å². The molecule has 2 fully saturated rings. The zero-order valence-corrected chi connectivity index (χ0v) is 16.4. The molecule has 2 saturated heterocycles. The first kappa shape index (κ1) is 19.2. The van der Waals surface area contributed by atoms with Crippen LogP contribution in [-0.2, 0) is 4.79 Å². The Bertz CT molecular complexity index is 605. The highest BCUT2D eigenvalue weighted by Crippen LogP contribution is 2.27. The number of hydrogen-bond donors (Lipinski definition) is 1. The minimum atomic E-state index is -1.22. The van der Waals surface area contributed by atoms with Gasteiger partial charge in [-0.1, -0.05) is 39.0 Å². The lowest BCUT2D eigenvalue weighted by Gasteiger charge is -2.44. The average Bonchev–Trinajstić information content (AvgIpc) is 2.59. The highest BCUT2D eigenvalue weighted by Gasteiger charge is 2.44. The highest BCUT2D eigenvalue weighted by atomic mass is 16.3. The van der Waals surface area contributed by atoms with Gasteiger partial charge in [-0.25, -0.2) is 0 Å². The number of nitrogens with zero attached hydrogens (tertiary/aromatic N) is 3. The van der Waals surface area contributed by atoms with E-state index in [1.165, 1.54) is 5.69 Å². The Morgan fingerprint density at radius 2 is 1.69 bits per heavy atom. The van der Waals surface area contributed by atoms with E-state index < -0.39 is 5.60 Å². The fourth-order valence-corrected chi connectivity index (χ4v) is 4.11. The number of para-hydroxylation sites is 1. The van der Waals surface area contributed by atoms with Gasteiger partial charge in [0, 0.05) is 51.5 Å². The summed E-state index contributed by atoms with van der Waals surface area (Å²) in [6.07, 6.45) is 1.45. The molecule has 0 radical (unpaired) electrons. The third-order valence-electron chi connectivity index (χ3n) is 5.35. The molecular formula is C21H33N3O2. The molecule has 0 aromatic heterocycles. The van der Waals surface area contributed by atoms with Crippen LogP contribution in [0.1, 0.15) is 33.6 Å². The zero-order chi connectivity index (χ0) is 18.8. The molecule has 1 aromatic carbocycles. The first-order chi connectivity index (χ1) is 12.3. The number of benzene rings is 1. The summed E-state index contributed by atoms with van der Waals surface area (Å²) in [4.78, 5) is 19.4. The minimum absolute atomic E-state index is 0.0508. The van der Waals surface area contributed by atoms with Crippen molar-refractivity contribution in [2.24, 2.45) is 5.41 Å². The van der Waals surface area contributed by atoms with Crippen molar-refractivity contribution in [1.82, 2.24) is 9.80 Å². The Hall–Kier alpha value is -1.59. The number of carbonyl (C=O) groups is 1. The summed E-state index contributed by atoms with van der Waals surface area (Å²) in [6, 6.07) is 10.4. The van der Waals surface area contributed by atoms with Gasteiger partial charge in [0.05, 0.1) is 0 Å². The third kappa shape index (κ3) is 4.57. The molecule has 1 N–H and O–H groups in total. The topological polar surface area (TPSA) is 47.0 Å². The van der Waals surface area contributed by atoms with Gasteiger partial charge in [0.1, 0.15) is 0 Å². The van der Waals surface area contributed by atoms with Crippen molar-refractivity contribution in [3.05, 3.63) is 30.3 Å². The SMILES string of the molecule is CC(C)(C)CN1CCC[C@](O)(CN2CCN(c3ccccc3)CC2)C1=O. The van der Waals surface area contributed by atoms with Crippen LogP contribution in [0, 0.1) is 5.41 Å². The number of amides is 1. The summed E-state index contributed by atoms with van der Waals surface area (Å²) in [6.45, 7) is 11.9. The van der Waals surface area contributed by atoms with Crippen LogP contribution in [0.4, 0.5) is 5.69 Å².